The summed E-state index contributed by atoms with van der Waals surface area (Å²) >= 11 is 1.70. The molecule has 2 heterocycles. The Morgan fingerprint density at radius 3 is 2.27 bits per heavy atom. The molecule has 0 aliphatic carbocycles. The number of thiazole rings is 1. The Labute approximate surface area is 182 Å². The van der Waals surface area contributed by atoms with Gasteiger partial charge in [-0.2, -0.15) is 0 Å². The van der Waals surface area contributed by atoms with Gasteiger partial charge in [0.05, 0.1) is 16.3 Å². The third-order valence-corrected chi connectivity index (χ3v) is 6.67. The standard InChI is InChI=1S/C25H28N3OS/c1-24(2)15-20(16-25(3,4)28(24)29)26-17-19-11-9-18(10-12-19)13-14-23-27-21-7-5-6-8-22(21)30-23/h5-14,17,20H,15-16H2,1-4H3/b14-13+,26-17?. The van der Waals surface area contributed by atoms with Crippen LogP contribution in [0.4, 0.5) is 0 Å². The average Bonchev–Trinajstić information content (AvgIpc) is 3.12. The molecule has 1 aromatic heterocycles. The van der Waals surface area contributed by atoms with Crippen LogP contribution in [0.25, 0.3) is 22.4 Å². The Morgan fingerprint density at radius 1 is 0.967 bits per heavy atom. The molecule has 0 atom stereocenters. The minimum absolute atomic E-state index is 0.166. The highest BCUT2D eigenvalue weighted by Crippen LogP contribution is 2.38. The van der Waals surface area contributed by atoms with E-state index in [1.807, 2.05) is 52.1 Å². The van der Waals surface area contributed by atoms with Gasteiger partial charge < -0.3 is 0 Å². The fraction of sp³-hybridized carbons (Fsp3) is 0.360. The highest BCUT2D eigenvalue weighted by Gasteiger charge is 2.45. The molecule has 4 rings (SSSR count). The van der Waals surface area contributed by atoms with Crippen molar-refractivity contribution in [2.75, 3.05) is 0 Å². The summed E-state index contributed by atoms with van der Waals surface area (Å²) in [5.41, 5.74) is 2.47. The van der Waals surface area contributed by atoms with E-state index in [-0.39, 0.29) is 17.1 Å². The molecule has 2 aromatic carbocycles. The zero-order chi connectivity index (χ0) is 21.4. The Balaban J connectivity index is 1.42. The number of rotatable bonds is 4. The predicted octanol–water partition coefficient (Wildman–Crippen LogP) is 6.25. The number of aromatic nitrogens is 1. The van der Waals surface area contributed by atoms with E-state index >= 15 is 0 Å². The first-order valence-corrected chi connectivity index (χ1v) is 11.2. The molecule has 3 aromatic rings. The van der Waals surface area contributed by atoms with Crippen molar-refractivity contribution in [3.8, 4) is 0 Å². The second-order valence-corrected chi connectivity index (χ2v) is 10.3. The lowest BCUT2D eigenvalue weighted by atomic mass is 9.79. The molecule has 0 unspecified atom stereocenters. The molecule has 5 heteroatoms. The molecule has 30 heavy (non-hydrogen) atoms. The summed E-state index contributed by atoms with van der Waals surface area (Å²) in [5, 5.41) is 14.8. The van der Waals surface area contributed by atoms with Gasteiger partial charge in [-0.25, -0.2) is 4.98 Å². The second-order valence-electron chi connectivity index (χ2n) is 9.28. The molecule has 155 valence electrons. The quantitative estimate of drug-likeness (QED) is 0.470. The third kappa shape index (κ3) is 4.53. The van der Waals surface area contributed by atoms with Crippen LogP contribution in [0.3, 0.4) is 0 Å². The topological polar surface area (TPSA) is 48.4 Å². The van der Waals surface area contributed by atoms with Crippen LogP contribution in [0.5, 0.6) is 0 Å². The van der Waals surface area contributed by atoms with Gasteiger partial charge >= 0.3 is 0 Å². The number of piperidine rings is 1. The summed E-state index contributed by atoms with van der Waals surface area (Å²) in [5.74, 6) is 0. The zero-order valence-corrected chi connectivity index (χ0v) is 18.8. The number of hydroxylamine groups is 2. The first kappa shape index (κ1) is 20.9. The molecular formula is C25H28N3OS. The summed E-state index contributed by atoms with van der Waals surface area (Å²) in [6.07, 6.45) is 7.65. The second kappa shape index (κ2) is 8.06. The van der Waals surface area contributed by atoms with Gasteiger partial charge in [0.1, 0.15) is 5.01 Å². The summed E-state index contributed by atoms with van der Waals surface area (Å²) in [6.45, 7) is 8.04. The number of hydrogen-bond acceptors (Lipinski definition) is 4. The van der Waals surface area contributed by atoms with Crippen molar-refractivity contribution in [1.82, 2.24) is 10.0 Å². The van der Waals surface area contributed by atoms with E-state index in [0.29, 0.717) is 0 Å². The molecule has 1 aliphatic rings. The predicted molar refractivity (Wildman–Crippen MR) is 126 cm³/mol. The van der Waals surface area contributed by atoms with Crippen molar-refractivity contribution in [2.45, 2.75) is 57.7 Å². The van der Waals surface area contributed by atoms with Crippen LogP contribution in [0.2, 0.25) is 0 Å². The summed E-state index contributed by atoms with van der Waals surface area (Å²) in [4.78, 5) is 9.45. The first-order chi connectivity index (χ1) is 14.2. The number of nitrogens with zero attached hydrogens (tertiary/aromatic N) is 3. The molecule has 0 spiro atoms. The van der Waals surface area contributed by atoms with Crippen LogP contribution >= 0.6 is 11.3 Å². The van der Waals surface area contributed by atoms with Crippen molar-refractivity contribution in [1.29, 1.82) is 0 Å². The van der Waals surface area contributed by atoms with Crippen molar-refractivity contribution in [2.24, 2.45) is 4.99 Å². The molecular weight excluding hydrogens is 390 g/mol. The van der Waals surface area contributed by atoms with Crippen LogP contribution in [-0.2, 0) is 5.21 Å². The van der Waals surface area contributed by atoms with Gasteiger partial charge in [0.15, 0.2) is 0 Å². The normalized spacial score (nSPS) is 19.9. The highest BCUT2D eigenvalue weighted by atomic mass is 32.1. The van der Waals surface area contributed by atoms with Crippen LogP contribution in [-0.4, -0.2) is 33.4 Å². The van der Waals surface area contributed by atoms with Gasteiger partial charge in [0.2, 0.25) is 0 Å². The smallest absolute Gasteiger partial charge is 0.117 e. The molecule has 1 radical (unpaired) electrons. The minimum atomic E-state index is -0.390. The maximum absolute atomic E-state index is 12.5. The summed E-state index contributed by atoms with van der Waals surface area (Å²) in [6, 6.07) is 16.7. The molecule has 0 bridgehead atoms. The lowest BCUT2D eigenvalue weighted by Crippen LogP contribution is -2.59. The van der Waals surface area contributed by atoms with Gasteiger partial charge in [-0.15, -0.1) is 21.6 Å². The number of benzene rings is 2. The van der Waals surface area contributed by atoms with E-state index < -0.39 is 0 Å². The monoisotopic (exact) mass is 418 g/mol. The van der Waals surface area contributed by atoms with E-state index in [9.17, 15) is 5.21 Å². The van der Waals surface area contributed by atoms with E-state index in [0.717, 1.165) is 34.5 Å². The fourth-order valence-electron chi connectivity index (χ4n) is 4.33. The van der Waals surface area contributed by atoms with Crippen molar-refractivity contribution in [3.05, 3.63) is 64.7 Å². The Bertz CT molecular complexity index is 1030. The molecule has 0 N–H and O–H groups in total. The van der Waals surface area contributed by atoms with Gasteiger partial charge in [0, 0.05) is 17.3 Å². The lowest BCUT2D eigenvalue weighted by molar-refractivity contribution is -0.288. The number of para-hydroxylation sites is 1. The van der Waals surface area contributed by atoms with E-state index in [4.69, 9.17) is 4.99 Å². The Hall–Kier alpha value is -2.34. The van der Waals surface area contributed by atoms with Crippen molar-refractivity contribution < 1.29 is 5.21 Å². The van der Waals surface area contributed by atoms with E-state index in [1.54, 1.807) is 11.3 Å². The molecule has 4 nitrogen and oxygen atoms in total. The minimum Gasteiger partial charge on any atom is -0.289 e. The highest BCUT2D eigenvalue weighted by molar-refractivity contribution is 7.19. The lowest BCUT2D eigenvalue weighted by Gasteiger charge is -2.48. The number of fused-ring (bicyclic) bond motifs is 1. The summed E-state index contributed by atoms with van der Waals surface area (Å²) in [7, 11) is 0. The van der Waals surface area contributed by atoms with Crippen LogP contribution in [0.1, 0.15) is 56.7 Å². The van der Waals surface area contributed by atoms with Gasteiger partial charge in [0.25, 0.3) is 0 Å². The molecule has 0 saturated carbocycles. The van der Waals surface area contributed by atoms with E-state index in [1.165, 1.54) is 9.76 Å². The molecule has 0 amide bonds. The molecule has 1 saturated heterocycles. The van der Waals surface area contributed by atoms with Crippen LogP contribution in [0.15, 0.2) is 53.5 Å². The van der Waals surface area contributed by atoms with E-state index in [2.05, 4.69) is 47.5 Å². The van der Waals surface area contributed by atoms with Gasteiger partial charge in [-0.05, 0) is 69.9 Å². The Morgan fingerprint density at radius 2 is 1.60 bits per heavy atom. The average molecular weight is 419 g/mol. The third-order valence-electron chi connectivity index (χ3n) is 5.67. The number of aliphatic imine (C=N–C) groups is 1. The Kier molecular flexibility index (Phi) is 5.62. The maximum Gasteiger partial charge on any atom is 0.117 e. The largest absolute Gasteiger partial charge is 0.289 e. The van der Waals surface area contributed by atoms with Gasteiger partial charge in [-0.3, -0.25) is 4.99 Å². The SMILES string of the molecule is CC1(C)CC(N=Cc2ccc(/C=C/c3nc4ccccc4s3)cc2)CC(C)(C)N1[O]. The molecule has 1 aliphatic heterocycles. The van der Waals surface area contributed by atoms with Crippen molar-refractivity contribution in [3.63, 3.8) is 0 Å². The van der Waals surface area contributed by atoms with Crippen LogP contribution < -0.4 is 0 Å². The fourth-order valence-corrected chi connectivity index (χ4v) is 5.20. The van der Waals surface area contributed by atoms with Gasteiger partial charge in [-0.1, -0.05) is 42.5 Å². The summed E-state index contributed by atoms with van der Waals surface area (Å²) < 4.78 is 1.21. The first-order valence-electron chi connectivity index (χ1n) is 10.4. The van der Waals surface area contributed by atoms with Crippen molar-refractivity contribution >= 4 is 39.9 Å². The molecule has 1 fully saturated rings. The number of hydrogen-bond donors (Lipinski definition) is 0. The van der Waals surface area contributed by atoms with Crippen LogP contribution in [0, 0.1) is 0 Å². The maximum atomic E-state index is 12.5. The zero-order valence-electron chi connectivity index (χ0n) is 18.0.